The molecule has 0 bridgehead atoms. The molecule has 15 nitrogen and oxygen atoms in total. The van der Waals surface area contributed by atoms with Gasteiger partial charge in [0.05, 0.1) is 5.56 Å². The largest absolute Gasteiger partial charge is 0.421 e. The van der Waals surface area contributed by atoms with E-state index < -0.39 is 92.4 Å². The highest BCUT2D eigenvalue weighted by Gasteiger charge is 2.74. The van der Waals surface area contributed by atoms with Gasteiger partial charge in [0.25, 0.3) is 11.5 Å². The number of alkyl halides is 6. The van der Waals surface area contributed by atoms with Crippen LogP contribution in [0.15, 0.2) is 23.3 Å². The molecule has 1 aliphatic heterocycles. The van der Waals surface area contributed by atoms with E-state index in [4.69, 9.17) is 15.7 Å². The van der Waals surface area contributed by atoms with Crippen LogP contribution in [0, 0.1) is 0 Å². The van der Waals surface area contributed by atoms with Gasteiger partial charge in [-0.15, -0.1) is 0 Å². The van der Waals surface area contributed by atoms with Gasteiger partial charge in [0.1, 0.15) is 27.1 Å². The van der Waals surface area contributed by atoms with Crippen molar-refractivity contribution < 1.29 is 61.8 Å². The zero-order valence-corrected chi connectivity index (χ0v) is 22.0. The van der Waals surface area contributed by atoms with Crippen LogP contribution in [0.5, 0.6) is 0 Å². The van der Waals surface area contributed by atoms with E-state index in [0.717, 1.165) is 0 Å². The number of aromatic nitrogens is 4. The highest BCUT2D eigenvalue weighted by molar-refractivity contribution is 6.42. The van der Waals surface area contributed by atoms with Gasteiger partial charge in [-0.1, -0.05) is 13.8 Å². The Morgan fingerprint density at radius 1 is 0.953 bits per heavy atom. The molecule has 0 aliphatic carbocycles. The van der Waals surface area contributed by atoms with Gasteiger partial charge >= 0.3 is 24.2 Å². The number of H-pyrrole nitrogens is 1. The Kier molecular flexibility index (Phi) is 9.86. The summed E-state index contributed by atoms with van der Waals surface area (Å²) in [6.45, 7) is 3.61. The predicted molar refractivity (Wildman–Crippen MR) is 131 cm³/mol. The number of aliphatic hydroxyl groups is 6. The lowest BCUT2D eigenvalue weighted by Crippen LogP contribution is -2.92. The van der Waals surface area contributed by atoms with Crippen LogP contribution in [0.4, 0.5) is 38.1 Å². The van der Waals surface area contributed by atoms with Crippen molar-refractivity contribution in [2.45, 2.75) is 62.1 Å². The van der Waals surface area contributed by atoms with E-state index in [0.29, 0.717) is 6.07 Å². The van der Waals surface area contributed by atoms with Crippen molar-refractivity contribution >= 4 is 33.4 Å². The lowest BCUT2D eigenvalue weighted by Gasteiger charge is -2.64. The molecule has 0 aromatic carbocycles. The summed E-state index contributed by atoms with van der Waals surface area (Å²) < 4.78 is 77.1. The minimum atomic E-state index is -5.02. The average Bonchev–Trinajstić information content (AvgIpc) is 2.86. The van der Waals surface area contributed by atoms with Gasteiger partial charge in [-0.3, -0.25) is 14.5 Å². The molecule has 0 saturated carbocycles. The van der Waals surface area contributed by atoms with Crippen molar-refractivity contribution in [3.05, 3.63) is 39.9 Å². The van der Waals surface area contributed by atoms with Crippen molar-refractivity contribution in [1.82, 2.24) is 25.1 Å². The Balaban J connectivity index is 0.00000316. The summed E-state index contributed by atoms with van der Waals surface area (Å²) in [5, 5.41) is 66.9. The topological polar surface area (TPSA) is 228 Å². The Morgan fingerprint density at radius 3 is 1.98 bits per heavy atom. The highest BCUT2D eigenvalue weighted by atomic mass is 19.4. The van der Waals surface area contributed by atoms with E-state index in [1.165, 1.54) is 0 Å². The standard InChI is InChI=1S/C18H17B2F6N7O8.C2H6/c19-15(20)16(36,37)33(12-28-5-7(6-29-12)13(21,22)23)18(40,41)17(38,39)32(15)10(34)2-1-3-27-9-4-8(14(24,25)26)11(35)31-30-9;1-2/h4-6,36-41H,1-3H2,(H,27,30)(H,31,35);1-2H3. The monoisotopic (exact) mass is 625 g/mol. The Bertz CT molecular complexity index is 1330. The number of piperazine rings is 1. The van der Waals surface area contributed by atoms with Gasteiger partial charge in [-0.2, -0.15) is 31.4 Å². The van der Waals surface area contributed by atoms with E-state index in [-0.39, 0.29) is 18.9 Å². The average molecular weight is 625 g/mol. The van der Waals surface area contributed by atoms with Crippen LogP contribution in [0.1, 0.15) is 37.8 Å². The Morgan fingerprint density at radius 2 is 1.49 bits per heavy atom. The lowest BCUT2D eigenvalue weighted by molar-refractivity contribution is -0.456. The van der Waals surface area contributed by atoms with Gasteiger partial charge in [-0.25, -0.2) is 20.0 Å². The summed E-state index contributed by atoms with van der Waals surface area (Å²) in [5.41, 5.74) is -4.60. The second-order valence-electron chi connectivity index (χ2n) is 8.59. The number of anilines is 2. The van der Waals surface area contributed by atoms with E-state index in [2.05, 4.69) is 20.4 Å². The van der Waals surface area contributed by atoms with Crippen LogP contribution < -0.4 is 15.8 Å². The number of halogens is 6. The molecule has 1 amide bonds. The molecule has 1 aliphatic rings. The molecule has 234 valence electrons. The molecule has 0 spiro atoms. The van der Waals surface area contributed by atoms with Gasteiger partial charge in [0.2, 0.25) is 11.9 Å². The first-order valence-electron chi connectivity index (χ1n) is 11.8. The normalized spacial score (nSPS) is 18.8. The molecular formula is C20H23B2F6N7O8. The van der Waals surface area contributed by atoms with Crippen molar-refractivity contribution in [3.63, 3.8) is 0 Å². The van der Waals surface area contributed by atoms with Crippen molar-refractivity contribution in [2.75, 3.05) is 16.8 Å². The summed E-state index contributed by atoms with van der Waals surface area (Å²) in [5.74, 6) is -16.4. The third-order valence-electron chi connectivity index (χ3n) is 5.69. The summed E-state index contributed by atoms with van der Waals surface area (Å²) in [6, 6.07) is 0.359. The quantitative estimate of drug-likeness (QED) is 0.0759. The fraction of sp³-hybridized carbons (Fsp3) is 0.550. The maximum absolute atomic E-state index is 12.9. The fourth-order valence-corrected chi connectivity index (χ4v) is 3.62. The van der Waals surface area contributed by atoms with E-state index in [1.807, 2.05) is 13.8 Å². The second-order valence-corrected chi connectivity index (χ2v) is 8.59. The third kappa shape index (κ3) is 6.55. The molecule has 43 heavy (non-hydrogen) atoms. The SMILES string of the molecule is CC.[B]C1([B])N(C(=O)CCCNc2cc(C(F)(F)F)c(=O)[nH]n2)C(O)(O)C(O)(O)N(c2ncc(C(F)(F)F)cn2)C1(O)O. The highest BCUT2D eigenvalue weighted by Crippen LogP contribution is 2.45. The maximum atomic E-state index is 12.9. The second kappa shape index (κ2) is 11.9. The van der Waals surface area contributed by atoms with E-state index in [1.54, 1.807) is 5.10 Å². The molecule has 3 rings (SSSR count). The molecule has 1 fully saturated rings. The first-order chi connectivity index (χ1) is 19.5. The molecular weight excluding hydrogens is 602 g/mol. The van der Waals surface area contributed by atoms with Crippen LogP contribution in [-0.2, 0) is 17.1 Å². The zero-order chi connectivity index (χ0) is 33.4. The van der Waals surface area contributed by atoms with Gasteiger partial charge in [0.15, 0.2) is 0 Å². The molecule has 0 unspecified atom stereocenters. The van der Waals surface area contributed by atoms with Crippen LogP contribution in [0.2, 0.25) is 0 Å². The van der Waals surface area contributed by atoms with Crippen LogP contribution in [-0.4, -0.2) is 107 Å². The smallest absolute Gasteiger partial charge is 0.369 e. The summed E-state index contributed by atoms with van der Waals surface area (Å²) >= 11 is 0. The summed E-state index contributed by atoms with van der Waals surface area (Å²) in [7, 11) is 11.2. The number of amides is 1. The molecule has 2 aromatic rings. The maximum Gasteiger partial charge on any atom is 0.421 e. The van der Waals surface area contributed by atoms with Crippen molar-refractivity contribution in [1.29, 1.82) is 0 Å². The number of hydrogen-bond donors (Lipinski definition) is 8. The molecule has 23 heteroatoms. The minimum absolute atomic E-state index is 0.0546. The lowest BCUT2D eigenvalue weighted by atomic mass is 9.55. The molecule has 8 N–H and O–H groups in total. The van der Waals surface area contributed by atoms with Gasteiger partial charge in [0, 0.05) is 36.8 Å². The fourth-order valence-electron chi connectivity index (χ4n) is 3.62. The van der Waals surface area contributed by atoms with Crippen LogP contribution in [0.3, 0.4) is 0 Å². The molecule has 4 radical (unpaired) electrons. The predicted octanol–water partition coefficient (Wildman–Crippen LogP) is -1.93. The molecule has 1 saturated heterocycles. The number of rotatable bonds is 6. The van der Waals surface area contributed by atoms with Crippen molar-refractivity contribution in [2.24, 2.45) is 0 Å². The molecule has 0 atom stereocenters. The van der Waals surface area contributed by atoms with Crippen LogP contribution >= 0.6 is 0 Å². The Labute approximate surface area is 239 Å². The molecule has 3 heterocycles. The Hall–Kier alpha value is -3.50. The number of aromatic amines is 1. The number of carbonyl (C=O) groups excluding carboxylic acids is 1. The molecule has 2 aromatic heterocycles. The minimum Gasteiger partial charge on any atom is -0.369 e. The zero-order valence-electron chi connectivity index (χ0n) is 22.0. The van der Waals surface area contributed by atoms with E-state index >= 15 is 0 Å². The third-order valence-corrected chi connectivity index (χ3v) is 5.69. The van der Waals surface area contributed by atoms with Crippen LogP contribution in [0.25, 0.3) is 0 Å². The first kappa shape index (κ1) is 35.7. The number of nitrogens with one attached hydrogen (secondary N) is 2. The number of hydrogen-bond acceptors (Lipinski definition) is 13. The summed E-state index contributed by atoms with van der Waals surface area (Å²) in [6.07, 6.45) is -11.2. The van der Waals surface area contributed by atoms with Gasteiger partial charge < -0.3 is 36.0 Å². The number of carbonyl (C=O) groups is 1. The summed E-state index contributed by atoms with van der Waals surface area (Å²) in [4.78, 5) is 29.0. The number of nitrogens with zero attached hydrogens (tertiary/aromatic N) is 5. The van der Waals surface area contributed by atoms with Gasteiger partial charge in [-0.05, 0) is 6.42 Å². The van der Waals surface area contributed by atoms with E-state index in [9.17, 15) is 66.6 Å². The first-order valence-corrected chi connectivity index (χ1v) is 11.8. The van der Waals surface area contributed by atoms with Crippen molar-refractivity contribution in [3.8, 4) is 0 Å².